The van der Waals surface area contributed by atoms with E-state index in [0.29, 0.717) is 18.8 Å². The quantitative estimate of drug-likeness (QED) is 0.823. The van der Waals surface area contributed by atoms with Crippen LogP contribution in [0, 0.1) is 5.92 Å². The number of likely N-dealkylation sites (tertiary alicyclic amines) is 1. The van der Waals surface area contributed by atoms with Gasteiger partial charge in [-0.3, -0.25) is 9.69 Å². The maximum Gasteiger partial charge on any atom is 0.227 e. The zero-order valence-corrected chi connectivity index (χ0v) is 14.5. The van der Waals surface area contributed by atoms with Crippen molar-refractivity contribution in [2.75, 3.05) is 31.6 Å². The average Bonchev–Trinajstić information content (AvgIpc) is 3.19. The van der Waals surface area contributed by atoms with Crippen molar-refractivity contribution in [3.05, 3.63) is 22.7 Å². The van der Waals surface area contributed by atoms with Gasteiger partial charge in [-0.25, -0.2) is 0 Å². The van der Waals surface area contributed by atoms with Crippen molar-refractivity contribution in [1.82, 2.24) is 4.90 Å². The third-order valence-corrected chi connectivity index (χ3v) is 5.42. The smallest absolute Gasteiger partial charge is 0.227 e. The first kappa shape index (κ1) is 15.4. The Hall–Kier alpha value is -1.11. The van der Waals surface area contributed by atoms with Crippen LogP contribution in [0.25, 0.3) is 0 Å². The summed E-state index contributed by atoms with van der Waals surface area (Å²) >= 11 is 3.53. The van der Waals surface area contributed by atoms with Gasteiger partial charge in [0.05, 0.1) is 17.2 Å². The number of amides is 1. The first-order valence-electron chi connectivity index (χ1n) is 8.28. The van der Waals surface area contributed by atoms with E-state index in [0.717, 1.165) is 48.4 Å². The molecule has 5 nitrogen and oxygen atoms in total. The van der Waals surface area contributed by atoms with E-state index in [4.69, 9.17) is 9.47 Å². The second-order valence-electron chi connectivity index (χ2n) is 6.60. The molecule has 2 bridgehead atoms. The Bertz CT molecular complexity index is 606. The summed E-state index contributed by atoms with van der Waals surface area (Å²) in [5.74, 6) is 1.15. The van der Waals surface area contributed by atoms with Crippen LogP contribution in [0.3, 0.4) is 0 Å². The van der Waals surface area contributed by atoms with Crippen LogP contribution < -0.4 is 10.1 Å². The Morgan fingerprint density at radius 3 is 2.96 bits per heavy atom. The Kier molecular flexibility index (Phi) is 4.30. The highest BCUT2D eigenvalue weighted by Crippen LogP contribution is 2.32. The van der Waals surface area contributed by atoms with Gasteiger partial charge in [-0.15, -0.1) is 0 Å². The molecule has 1 N–H and O–H groups in total. The van der Waals surface area contributed by atoms with Gasteiger partial charge in [0.25, 0.3) is 0 Å². The maximum absolute atomic E-state index is 11.8. The number of hydrogen-bond donors (Lipinski definition) is 1. The molecule has 2 saturated heterocycles. The molecule has 1 aliphatic carbocycles. The third kappa shape index (κ3) is 3.54. The third-order valence-electron chi connectivity index (χ3n) is 4.80. The fraction of sp³-hybridized carbons (Fsp3) is 0.588. The van der Waals surface area contributed by atoms with Crippen molar-refractivity contribution in [3.8, 4) is 5.75 Å². The molecule has 1 saturated carbocycles. The van der Waals surface area contributed by atoms with Crippen LogP contribution in [-0.2, 0) is 9.53 Å². The van der Waals surface area contributed by atoms with Gasteiger partial charge in [-0.05, 0) is 53.4 Å². The molecule has 124 valence electrons. The van der Waals surface area contributed by atoms with E-state index in [1.165, 1.54) is 6.42 Å². The zero-order valence-electron chi connectivity index (χ0n) is 13.0. The molecule has 0 aromatic heterocycles. The summed E-state index contributed by atoms with van der Waals surface area (Å²) < 4.78 is 12.4. The van der Waals surface area contributed by atoms with E-state index in [9.17, 15) is 4.79 Å². The summed E-state index contributed by atoms with van der Waals surface area (Å²) in [4.78, 5) is 14.2. The molecule has 3 aliphatic rings. The Morgan fingerprint density at radius 2 is 2.30 bits per heavy atom. The number of carbonyl (C=O) groups is 1. The second-order valence-corrected chi connectivity index (χ2v) is 7.45. The van der Waals surface area contributed by atoms with Crippen molar-refractivity contribution >= 4 is 27.5 Å². The molecular weight excluding hydrogens is 360 g/mol. The van der Waals surface area contributed by atoms with E-state index >= 15 is 0 Å². The molecule has 2 atom stereocenters. The molecule has 2 aliphatic heterocycles. The number of nitrogens with zero attached hydrogens (tertiary/aromatic N) is 1. The van der Waals surface area contributed by atoms with Gasteiger partial charge < -0.3 is 14.8 Å². The second kappa shape index (κ2) is 6.42. The summed E-state index contributed by atoms with van der Waals surface area (Å²) in [6.07, 6.45) is 3.62. The summed E-state index contributed by atoms with van der Waals surface area (Å²) in [5.41, 5.74) is 0.815. The van der Waals surface area contributed by atoms with Crippen molar-refractivity contribution in [2.45, 2.75) is 31.4 Å². The van der Waals surface area contributed by atoms with Crippen LogP contribution in [-0.4, -0.2) is 49.3 Å². The fourth-order valence-electron chi connectivity index (χ4n) is 3.31. The molecule has 0 spiro atoms. The van der Waals surface area contributed by atoms with Crippen molar-refractivity contribution in [2.24, 2.45) is 5.92 Å². The average molecular weight is 381 g/mol. The van der Waals surface area contributed by atoms with Gasteiger partial charge in [-0.1, -0.05) is 0 Å². The lowest BCUT2D eigenvalue weighted by molar-refractivity contribution is -0.117. The van der Waals surface area contributed by atoms with Gasteiger partial charge in [0.15, 0.2) is 0 Å². The molecule has 0 unspecified atom stereocenters. The predicted octanol–water partition coefficient (Wildman–Crippen LogP) is 2.65. The van der Waals surface area contributed by atoms with Crippen LogP contribution in [0.15, 0.2) is 22.7 Å². The highest BCUT2D eigenvalue weighted by atomic mass is 79.9. The topological polar surface area (TPSA) is 50.8 Å². The number of ether oxygens (including phenoxy) is 2. The van der Waals surface area contributed by atoms with E-state index < -0.39 is 0 Å². The van der Waals surface area contributed by atoms with Crippen LogP contribution in [0.5, 0.6) is 5.75 Å². The van der Waals surface area contributed by atoms with Gasteiger partial charge in [-0.2, -0.15) is 0 Å². The number of benzene rings is 1. The summed E-state index contributed by atoms with van der Waals surface area (Å²) in [6.45, 7) is 3.48. The van der Waals surface area contributed by atoms with E-state index in [1.807, 2.05) is 18.2 Å². The molecule has 1 aromatic carbocycles. The number of carbonyl (C=O) groups excluding carboxylic acids is 1. The van der Waals surface area contributed by atoms with Gasteiger partial charge in [0, 0.05) is 30.7 Å². The number of nitrogens with one attached hydrogen (secondary N) is 1. The largest absolute Gasteiger partial charge is 0.491 e. The van der Waals surface area contributed by atoms with Crippen LogP contribution in [0.1, 0.15) is 19.3 Å². The normalized spacial score (nSPS) is 26.5. The molecule has 1 aromatic rings. The van der Waals surface area contributed by atoms with Crippen LogP contribution in [0.4, 0.5) is 5.69 Å². The number of fused-ring (bicyclic) bond motifs is 2. The van der Waals surface area contributed by atoms with Gasteiger partial charge >= 0.3 is 0 Å². The minimum absolute atomic E-state index is 0.122. The van der Waals surface area contributed by atoms with Crippen molar-refractivity contribution in [3.63, 3.8) is 0 Å². The van der Waals surface area contributed by atoms with Crippen LogP contribution >= 0.6 is 15.9 Å². The molecule has 6 heteroatoms. The molecule has 2 heterocycles. The van der Waals surface area contributed by atoms with Gasteiger partial charge in [0.1, 0.15) is 12.4 Å². The Morgan fingerprint density at radius 1 is 1.43 bits per heavy atom. The van der Waals surface area contributed by atoms with Crippen LogP contribution in [0.2, 0.25) is 0 Å². The molecule has 23 heavy (non-hydrogen) atoms. The number of morpholine rings is 1. The van der Waals surface area contributed by atoms with Crippen molar-refractivity contribution < 1.29 is 14.3 Å². The lowest BCUT2D eigenvalue weighted by Gasteiger charge is -2.26. The minimum Gasteiger partial charge on any atom is -0.491 e. The lowest BCUT2D eigenvalue weighted by Crippen LogP contribution is -2.39. The Balaban J connectivity index is 1.27. The van der Waals surface area contributed by atoms with E-state index in [1.54, 1.807) is 0 Å². The van der Waals surface area contributed by atoms with Crippen molar-refractivity contribution in [1.29, 1.82) is 0 Å². The molecular formula is C17H21BrN2O3. The summed E-state index contributed by atoms with van der Waals surface area (Å²) in [5, 5.41) is 2.94. The lowest BCUT2D eigenvalue weighted by atomic mass is 10.2. The number of hydrogen-bond acceptors (Lipinski definition) is 4. The highest BCUT2D eigenvalue weighted by Gasteiger charge is 2.38. The fourth-order valence-corrected chi connectivity index (χ4v) is 3.80. The molecule has 4 rings (SSSR count). The van der Waals surface area contributed by atoms with Gasteiger partial charge in [0.2, 0.25) is 5.91 Å². The molecule has 1 amide bonds. The predicted molar refractivity (Wildman–Crippen MR) is 90.7 cm³/mol. The SMILES string of the molecule is O=C(Nc1ccc(OCCN2C[C@@H]3C[C@H]2CO3)c(Br)c1)C1CC1. The van der Waals surface area contributed by atoms with E-state index in [2.05, 4.69) is 26.1 Å². The first-order chi connectivity index (χ1) is 11.2. The summed E-state index contributed by atoms with van der Waals surface area (Å²) in [7, 11) is 0. The summed E-state index contributed by atoms with van der Waals surface area (Å²) in [6, 6.07) is 6.28. The van der Waals surface area contributed by atoms with E-state index in [-0.39, 0.29) is 11.8 Å². The standard InChI is InChI=1S/C17H21BrN2O3/c18-15-7-12(19-17(21)11-1-2-11)3-4-16(15)22-6-5-20-9-14-8-13(20)10-23-14/h3-4,7,11,13-14H,1-2,5-6,8-10H2,(H,19,21)/t13-,14-/m0/s1. The minimum atomic E-state index is 0.122. The zero-order chi connectivity index (χ0) is 15.8. The monoisotopic (exact) mass is 380 g/mol. The number of halogens is 1. The molecule has 3 fully saturated rings. The highest BCUT2D eigenvalue weighted by molar-refractivity contribution is 9.10. The number of anilines is 1. The number of rotatable bonds is 6. The molecule has 0 radical (unpaired) electrons. The maximum atomic E-state index is 11.8. The first-order valence-corrected chi connectivity index (χ1v) is 9.07. The Labute approximate surface area is 144 Å².